The van der Waals surface area contributed by atoms with Gasteiger partial charge in [-0.3, -0.25) is 0 Å². The van der Waals surface area contributed by atoms with E-state index in [0.717, 1.165) is 26.4 Å². The zero-order valence-electron chi connectivity index (χ0n) is 15.4. The fraction of sp³-hybridized carbons (Fsp3) is 0.0833. The summed E-state index contributed by atoms with van der Waals surface area (Å²) in [6.45, 7) is 1.96. The molecule has 0 radical (unpaired) electrons. The van der Waals surface area contributed by atoms with Crippen LogP contribution in [0.3, 0.4) is 0 Å². The number of hydrogen-bond donors (Lipinski definition) is 0. The molecule has 0 aliphatic carbocycles. The Morgan fingerprint density at radius 1 is 0.750 bits per heavy atom. The summed E-state index contributed by atoms with van der Waals surface area (Å²) in [4.78, 5) is 0. The number of methoxy groups -OCH3 is 1. The van der Waals surface area contributed by atoms with Crippen molar-refractivity contribution in [3.8, 4) is 28.0 Å². The van der Waals surface area contributed by atoms with Crippen molar-refractivity contribution >= 4 is 26.7 Å². The van der Waals surface area contributed by atoms with Crippen LogP contribution in [0.4, 0.5) is 8.78 Å². The van der Waals surface area contributed by atoms with Crippen LogP contribution in [0.1, 0.15) is 5.56 Å². The van der Waals surface area contributed by atoms with E-state index in [2.05, 4.69) is 15.9 Å². The topological polar surface area (TPSA) is 9.23 Å². The summed E-state index contributed by atoms with van der Waals surface area (Å²) in [5, 5.41) is 1.88. The van der Waals surface area contributed by atoms with Crippen molar-refractivity contribution in [3.63, 3.8) is 0 Å². The molecular weight excluding hydrogens is 422 g/mol. The molecule has 0 bridgehead atoms. The SMILES string of the molecule is COc1cc2c(C)c(-c3cc(Br)ccc3F)ccc2cc1-c1ccccc1F. The molecule has 4 aromatic carbocycles. The van der Waals surface area contributed by atoms with Crippen molar-refractivity contribution in [2.75, 3.05) is 7.11 Å². The Labute approximate surface area is 170 Å². The van der Waals surface area contributed by atoms with Crippen molar-refractivity contribution in [1.82, 2.24) is 0 Å². The molecule has 0 N–H and O–H groups in total. The van der Waals surface area contributed by atoms with Crippen LogP contribution in [0.15, 0.2) is 71.2 Å². The van der Waals surface area contributed by atoms with Gasteiger partial charge in [-0.25, -0.2) is 8.78 Å². The minimum atomic E-state index is -0.301. The summed E-state index contributed by atoms with van der Waals surface area (Å²) in [7, 11) is 1.57. The van der Waals surface area contributed by atoms with Gasteiger partial charge in [-0.2, -0.15) is 0 Å². The van der Waals surface area contributed by atoms with Crippen LogP contribution in [-0.4, -0.2) is 7.11 Å². The minimum Gasteiger partial charge on any atom is -0.496 e. The molecule has 0 saturated heterocycles. The molecule has 0 aliphatic rings. The summed E-state index contributed by atoms with van der Waals surface area (Å²) >= 11 is 3.41. The maximum absolute atomic E-state index is 14.4. The van der Waals surface area contributed by atoms with Gasteiger partial charge < -0.3 is 4.74 Å². The molecule has 4 aromatic rings. The normalized spacial score (nSPS) is 11.0. The molecule has 0 saturated carbocycles. The summed E-state index contributed by atoms with van der Waals surface area (Å²) in [6.07, 6.45) is 0. The third-order valence-corrected chi connectivity index (χ3v) is 5.49. The monoisotopic (exact) mass is 438 g/mol. The lowest BCUT2D eigenvalue weighted by Gasteiger charge is -2.15. The van der Waals surface area contributed by atoms with E-state index in [4.69, 9.17) is 4.74 Å². The van der Waals surface area contributed by atoms with Gasteiger partial charge in [0.15, 0.2) is 0 Å². The van der Waals surface area contributed by atoms with Gasteiger partial charge >= 0.3 is 0 Å². The van der Waals surface area contributed by atoms with Gasteiger partial charge in [0.25, 0.3) is 0 Å². The molecule has 1 nitrogen and oxygen atoms in total. The predicted molar refractivity (Wildman–Crippen MR) is 114 cm³/mol. The molecule has 140 valence electrons. The molecule has 0 atom stereocenters. The van der Waals surface area contributed by atoms with E-state index < -0.39 is 0 Å². The first-order chi connectivity index (χ1) is 13.5. The summed E-state index contributed by atoms with van der Waals surface area (Å²) < 4.78 is 35.1. The molecule has 0 aromatic heterocycles. The average molecular weight is 439 g/mol. The van der Waals surface area contributed by atoms with Crippen molar-refractivity contribution in [2.45, 2.75) is 6.92 Å². The van der Waals surface area contributed by atoms with Crippen LogP contribution < -0.4 is 4.74 Å². The molecule has 0 aliphatic heterocycles. The number of rotatable bonds is 3. The Morgan fingerprint density at radius 3 is 2.25 bits per heavy atom. The lowest BCUT2D eigenvalue weighted by atomic mass is 9.92. The van der Waals surface area contributed by atoms with Gasteiger partial charge in [-0.1, -0.05) is 46.3 Å². The first-order valence-corrected chi connectivity index (χ1v) is 9.60. The zero-order valence-corrected chi connectivity index (χ0v) is 17.0. The molecule has 0 unspecified atom stereocenters. The Hall–Kier alpha value is -2.72. The maximum atomic E-state index is 14.4. The molecule has 0 amide bonds. The van der Waals surface area contributed by atoms with Crippen LogP contribution in [0.5, 0.6) is 5.75 Å². The molecule has 4 rings (SSSR count). The van der Waals surface area contributed by atoms with E-state index in [0.29, 0.717) is 22.4 Å². The number of fused-ring (bicyclic) bond motifs is 1. The van der Waals surface area contributed by atoms with Crippen molar-refractivity contribution < 1.29 is 13.5 Å². The largest absolute Gasteiger partial charge is 0.496 e. The Bertz CT molecular complexity index is 1200. The molecule has 0 spiro atoms. The van der Waals surface area contributed by atoms with Crippen molar-refractivity contribution in [2.24, 2.45) is 0 Å². The second kappa shape index (κ2) is 7.36. The quantitative estimate of drug-likeness (QED) is 0.321. The molecule has 28 heavy (non-hydrogen) atoms. The van der Waals surface area contributed by atoms with Gasteiger partial charge in [-0.15, -0.1) is 0 Å². The van der Waals surface area contributed by atoms with Crippen LogP contribution >= 0.6 is 15.9 Å². The van der Waals surface area contributed by atoms with Gasteiger partial charge in [0.1, 0.15) is 17.4 Å². The summed E-state index contributed by atoms with van der Waals surface area (Å²) in [6, 6.07) is 19.2. The van der Waals surface area contributed by atoms with Crippen LogP contribution in [0.25, 0.3) is 33.0 Å². The second-order valence-corrected chi connectivity index (χ2v) is 7.53. The van der Waals surface area contributed by atoms with Gasteiger partial charge in [0.2, 0.25) is 0 Å². The fourth-order valence-electron chi connectivity index (χ4n) is 3.56. The highest BCUT2D eigenvalue weighted by molar-refractivity contribution is 9.10. The second-order valence-electron chi connectivity index (χ2n) is 6.62. The first-order valence-electron chi connectivity index (χ1n) is 8.81. The van der Waals surface area contributed by atoms with Crippen LogP contribution in [0, 0.1) is 18.6 Å². The number of ether oxygens (including phenoxy) is 1. The minimum absolute atomic E-state index is 0.277. The first kappa shape index (κ1) is 18.6. The molecule has 0 heterocycles. The van der Waals surface area contributed by atoms with Gasteiger partial charge in [0.05, 0.1) is 7.11 Å². The van der Waals surface area contributed by atoms with E-state index >= 15 is 0 Å². The Morgan fingerprint density at radius 2 is 1.50 bits per heavy atom. The summed E-state index contributed by atoms with van der Waals surface area (Å²) in [5.41, 5.74) is 3.46. The van der Waals surface area contributed by atoms with E-state index in [1.807, 2.05) is 31.2 Å². The highest BCUT2D eigenvalue weighted by atomic mass is 79.9. The van der Waals surface area contributed by atoms with Crippen LogP contribution in [0.2, 0.25) is 0 Å². The highest BCUT2D eigenvalue weighted by Crippen LogP contribution is 2.39. The third-order valence-electron chi connectivity index (χ3n) is 4.99. The van der Waals surface area contributed by atoms with Crippen LogP contribution in [-0.2, 0) is 0 Å². The number of benzene rings is 4. The number of aryl methyl sites for hydroxylation is 1. The van der Waals surface area contributed by atoms with E-state index in [1.54, 1.807) is 37.4 Å². The van der Waals surface area contributed by atoms with E-state index in [9.17, 15) is 8.78 Å². The lowest BCUT2D eigenvalue weighted by Crippen LogP contribution is -1.94. The average Bonchev–Trinajstić information content (AvgIpc) is 2.70. The summed E-state index contributed by atoms with van der Waals surface area (Å²) in [5.74, 6) is -0.00199. The third kappa shape index (κ3) is 3.18. The molecular formula is C24H17BrF2O. The van der Waals surface area contributed by atoms with Crippen molar-refractivity contribution in [3.05, 3.63) is 88.4 Å². The fourth-order valence-corrected chi connectivity index (χ4v) is 3.92. The molecule has 0 fully saturated rings. The highest BCUT2D eigenvalue weighted by Gasteiger charge is 2.15. The molecule has 4 heteroatoms. The van der Waals surface area contributed by atoms with E-state index in [1.165, 1.54) is 12.1 Å². The maximum Gasteiger partial charge on any atom is 0.131 e. The zero-order chi connectivity index (χ0) is 19.8. The lowest BCUT2D eigenvalue weighted by molar-refractivity contribution is 0.416. The number of hydrogen-bond acceptors (Lipinski definition) is 1. The predicted octanol–water partition coefficient (Wildman–Crippen LogP) is 7.53. The van der Waals surface area contributed by atoms with E-state index in [-0.39, 0.29) is 11.6 Å². The Balaban J connectivity index is 1.96. The Kier molecular flexibility index (Phi) is 4.90. The van der Waals surface area contributed by atoms with Gasteiger partial charge in [-0.05, 0) is 65.2 Å². The van der Waals surface area contributed by atoms with Gasteiger partial charge in [0, 0.05) is 21.2 Å². The number of halogens is 3. The smallest absolute Gasteiger partial charge is 0.131 e. The van der Waals surface area contributed by atoms with Crippen molar-refractivity contribution in [1.29, 1.82) is 0 Å². The standard InChI is InChI=1S/C24H17BrF2O/c1-14-17(20-12-16(25)8-10-23(20)27)9-7-15-11-21(24(28-2)13-19(14)15)18-5-3-4-6-22(18)26/h3-13H,1-2H3.